The molecule has 0 bridgehead atoms. The largest absolute Gasteiger partial charge is 0.465 e. The SMILES string of the molecule is COC(=O)c1cc(NC(=O)c2ccc(S(C)(=O)=O)o2)c(F)cc1F. The number of halogens is 2. The Kier molecular flexibility index (Phi) is 4.69. The molecule has 0 fully saturated rings. The molecule has 0 atom stereocenters. The van der Waals surface area contributed by atoms with Crippen LogP contribution < -0.4 is 5.32 Å². The quantitative estimate of drug-likeness (QED) is 0.838. The lowest BCUT2D eigenvalue weighted by atomic mass is 10.1. The van der Waals surface area contributed by atoms with E-state index >= 15 is 0 Å². The van der Waals surface area contributed by atoms with Crippen LogP contribution in [0, 0.1) is 11.6 Å². The Morgan fingerprint density at radius 1 is 1.17 bits per heavy atom. The average Bonchev–Trinajstić information content (AvgIpc) is 2.99. The lowest BCUT2D eigenvalue weighted by Crippen LogP contribution is -2.14. The van der Waals surface area contributed by atoms with E-state index in [1.54, 1.807) is 0 Å². The van der Waals surface area contributed by atoms with Gasteiger partial charge in [-0.2, -0.15) is 0 Å². The van der Waals surface area contributed by atoms with Crippen LogP contribution >= 0.6 is 0 Å². The van der Waals surface area contributed by atoms with E-state index in [2.05, 4.69) is 10.1 Å². The van der Waals surface area contributed by atoms with E-state index in [0.717, 1.165) is 31.6 Å². The highest BCUT2D eigenvalue weighted by molar-refractivity contribution is 7.90. The molecule has 1 aromatic carbocycles. The summed E-state index contributed by atoms with van der Waals surface area (Å²) < 4.78 is 59.0. The minimum absolute atomic E-state index is 0.404. The summed E-state index contributed by atoms with van der Waals surface area (Å²) in [5, 5.41) is 1.62. The fourth-order valence-corrected chi connectivity index (χ4v) is 2.29. The summed E-state index contributed by atoms with van der Waals surface area (Å²) in [4.78, 5) is 23.4. The summed E-state index contributed by atoms with van der Waals surface area (Å²) in [6.45, 7) is 0. The number of carbonyl (C=O) groups excluding carboxylic acids is 2. The number of anilines is 1. The van der Waals surface area contributed by atoms with Gasteiger partial charge < -0.3 is 14.5 Å². The highest BCUT2D eigenvalue weighted by Gasteiger charge is 2.21. The molecule has 2 rings (SSSR count). The first-order chi connectivity index (χ1) is 11.1. The molecule has 10 heteroatoms. The zero-order valence-corrected chi connectivity index (χ0v) is 13.2. The van der Waals surface area contributed by atoms with Crippen LogP contribution in [0.25, 0.3) is 0 Å². The molecule has 1 aromatic heterocycles. The second-order valence-corrected chi connectivity index (χ2v) is 6.60. The van der Waals surface area contributed by atoms with Crippen LogP contribution in [0.4, 0.5) is 14.5 Å². The van der Waals surface area contributed by atoms with Gasteiger partial charge in [-0.05, 0) is 18.2 Å². The van der Waals surface area contributed by atoms with Crippen molar-refractivity contribution in [3.8, 4) is 0 Å². The summed E-state index contributed by atoms with van der Waals surface area (Å²) in [5.74, 6) is -4.73. The maximum atomic E-state index is 13.7. The third kappa shape index (κ3) is 3.59. The molecular formula is C14H11F2NO6S. The van der Waals surface area contributed by atoms with E-state index in [4.69, 9.17) is 4.42 Å². The van der Waals surface area contributed by atoms with Crippen molar-refractivity contribution in [2.45, 2.75) is 5.09 Å². The summed E-state index contributed by atoms with van der Waals surface area (Å²) in [6, 6.07) is 3.31. The van der Waals surface area contributed by atoms with Crippen molar-refractivity contribution in [2.24, 2.45) is 0 Å². The minimum Gasteiger partial charge on any atom is -0.465 e. The number of furan rings is 1. The van der Waals surface area contributed by atoms with Crippen molar-refractivity contribution < 1.29 is 35.9 Å². The highest BCUT2D eigenvalue weighted by Crippen LogP contribution is 2.22. The normalized spacial score (nSPS) is 11.2. The van der Waals surface area contributed by atoms with Crippen LogP contribution in [0.5, 0.6) is 0 Å². The van der Waals surface area contributed by atoms with Gasteiger partial charge in [-0.15, -0.1) is 0 Å². The van der Waals surface area contributed by atoms with E-state index in [1.165, 1.54) is 0 Å². The second kappa shape index (κ2) is 6.40. The van der Waals surface area contributed by atoms with Gasteiger partial charge in [0.15, 0.2) is 5.76 Å². The topological polar surface area (TPSA) is 103 Å². The molecule has 0 aliphatic heterocycles. The van der Waals surface area contributed by atoms with Crippen LogP contribution in [0.15, 0.2) is 33.8 Å². The van der Waals surface area contributed by atoms with Crippen LogP contribution in [-0.2, 0) is 14.6 Å². The average molecular weight is 359 g/mol. The number of ether oxygens (including phenoxy) is 1. The van der Waals surface area contributed by atoms with Crippen LogP contribution in [0.1, 0.15) is 20.9 Å². The van der Waals surface area contributed by atoms with Gasteiger partial charge in [0.05, 0.1) is 18.4 Å². The molecule has 0 aliphatic carbocycles. The van der Waals surface area contributed by atoms with E-state index in [-0.39, 0.29) is 0 Å². The molecular weight excluding hydrogens is 348 g/mol. The fraction of sp³-hybridized carbons (Fsp3) is 0.143. The molecule has 2 aromatic rings. The third-order valence-electron chi connectivity index (χ3n) is 2.88. The van der Waals surface area contributed by atoms with Gasteiger partial charge in [0, 0.05) is 12.3 Å². The molecule has 128 valence electrons. The minimum atomic E-state index is -3.66. The van der Waals surface area contributed by atoms with Gasteiger partial charge in [0.1, 0.15) is 11.6 Å². The van der Waals surface area contributed by atoms with Crippen molar-refractivity contribution in [3.63, 3.8) is 0 Å². The van der Waals surface area contributed by atoms with E-state index in [0.29, 0.717) is 6.07 Å². The molecule has 0 saturated heterocycles. The molecule has 24 heavy (non-hydrogen) atoms. The summed E-state index contributed by atoms with van der Waals surface area (Å²) in [6.07, 6.45) is 0.885. The Labute approximate surface area is 135 Å². The van der Waals surface area contributed by atoms with Crippen molar-refractivity contribution in [1.82, 2.24) is 0 Å². The summed E-state index contributed by atoms with van der Waals surface area (Å²) in [7, 11) is -2.64. The molecule has 0 unspecified atom stereocenters. The number of hydrogen-bond acceptors (Lipinski definition) is 6. The number of nitrogens with one attached hydrogen (secondary N) is 1. The lowest BCUT2D eigenvalue weighted by Gasteiger charge is -2.08. The van der Waals surface area contributed by atoms with Crippen LogP contribution in [0.3, 0.4) is 0 Å². The Balaban J connectivity index is 2.32. The number of amides is 1. The van der Waals surface area contributed by atoms with Gasteiger partial charge in [0.2, 0.25) is 14.9 Å². The monoisotopic (exact) mass is 359 g/mol. The maximum Gasteiger partial charge on any atom is 0.340 e. The Hall–Kier alpha value is -2.75. The standard InChI is InChI=1S/C14H11F2NO6S/c1-22-14(19)7-5-10(9(16)6-8(7)15)17-13(18)11-3-4-12(23-11)24(2,20)21/h3-6H,1-2H3,(H,17,18). The molecule has 1 heterocycles. The lowest BCUT2D eigenvalue weighted by molar-refractivity contribution is 0.0595. The zero-order chi connectivity index (χ0) is 18.1. The highest BCUT2D eigenvalue weighted by atomic mass is 32.2. The van der Waals surface area contributed by atoms with Crippen LogP contribution in [0.2, 0.25) is 0 Å². The van der Waals surface area contributed by atoms with Crippen molar-refractivity contribution in [3.05, 3.63) is 47.2 Å². The molecule has 0 radical (unpaired) electrons. The number of rotatable bonds is 4. The van der Waals surface area contributed by atoms with Crippen molar-refractivity contribution >= 4 is 27.4 Å². The number of hydrogen-bond donors (Lipinski definition) is 1. The predicted octanol–water partition coefficient (Wildman–Crippen LogP) is 2.00. The molecule has 1 amide bonds. The Morgan fingerprint density at radius 2 is 1.83 bits per heavy atom. The van der Waals surface area contributed by atoms with Gasteiger partial charge >= 0.3 is 5.97 Å². The number of sulfone groups is 1. The van der Waals surface area contributed by atoms with Crippen molar-refractivity contribution in [2.75, 3.05) is 18.7 Å². The first kappa shape index (κ1) is 17.6. The number of benzene rings is 1. The number of carbonyl (C=O) groups is 2. The fourth-order valence-electron chi connectivity index (χ4n) is 1.74. The third-order valence-corrected chi connectivity index (χ3v) is 3.83. The number of methoxy groups -OCH3 is 1. The molecule has 0 spiro atoms. The molecule has 0 saturated carbocycles. The van der Waals surface area contributed by atoms with Crippen molar-refractivity contribution in [1.29, 1.82) is 0 Å². The smallest absolute Gasteiger partial charge is 0.340 e. The molecule has 1 N–H and O–H groups in total. The van der Waals surface area contributed by atoms with Crippen LogP contribution in [-0.4, -0.2) is 33.7 Å². The summed E-state index contributed by atoms with van der Waals surface area (Å²) >= 11 is 0. The molecule has 0 aliphatic rings. The van der Waals surface area contributed by atoms with Gasteiger partial charge in [-0.25, -0.2) is 22.0 Å². The van der Waals surface area contributed by atoms with Gasteiger partial charge in [-0.3, -0.25) is 4.79 Å². The van der Waals surface area contributed by atoms with E-state index in [9.17, 15) is 26.8 Å². The van der Waals surface area contributed by atoms with Gasteiger partial charge in [0.25, 0.3) is 5.91 Å². The molecule has 7 nitrogen and oxygen atoms in total. The predicted molar refractivity (Wildman–Crippen MR) is 77.5 cm³/mol. The second-order valence-electron chi connectivity index (χ2n) is 4.65. The van der Waals surface area contributed by atoms with Gasteiger partial charge in [-0.1, -0.05) is 0 Å². The Bertz CT molecular complexity index is 919. The zero-order valence-electron chi connectivity index (χ0n) is 12.4. The van der Waals surface area contributed by atoms with E-state index in [1.807, 2.05) is 0 Å². The summed E-state index contributed by atoms with van der Waals surface area (Å²) in [5.41, 5.74) is -1.08. The Morgan fingerprint density at radius 3 is 2.38 bits per heavy atom. The number of esters is 1. The first-order valence-corrected chi connectivity index (χ1v) is 8.21. The van der Waals surface area contributed by atoms with E-state index < -0.39 is 55.5 Å². The maximum absolute atomic E-state index is 13.7. The first-order valence-electron chi connectivity index (χ1n) is 6.32.